The van der Waals surface area contributed by atoms with Crippen LogP contribution in [-0.2, 0) is 0 Å². The lowest BCUT2D eigenvalue weighted by Crippen LogP contribution is -2.45. The van der Waals surface area contributed by atoms with Gasteiger partial charge in [-0.25, -0.2) is 9.18 Å². The summed E-state index contributed by atoms with van der Waals surface area (Å²) >= 11 is 3.19. The van der Waals surface area contributed by atoms with E-state index in [1.807, 2.05) is 20.8 Å². The molecule has 5 heteroatoms. The summed E-state index contributed by atoms with van der Waals surface area (Å²) in [7, 11) is 0. The Balaban J connectivity index is 2.69. The number of urea groups is 1. The summed E-state index contributed by atoms with van der Waals surface area (Å²) in [6.45, 7) is 5.87. The first-order valence-electron chi connectivity index (χ1n) is 5.38. The van der Waals surface area contributed by atoms with Crippen molar-refractivity contribution < 1.29 is 9.18 Å². The molecular formula is C12H16BrFN2O. The van der Waals surface area contributed by atoms with E-state index < -0.39 is 0 Å². The third-order valence-corrected chi connectivity index (χ3v) is 3.17. The van der Waals surface area contributed by atoms with E-state index in [-0.39, 0.29) is 17.4 Å². The molecule has 2 amide bonds. The van der Waals surface area contributed by atoms with Crippen LogP contribution in [0.15, 0.2) is 22.7 Å². The van der Waals surface area contributed by atoms with Crippen LogP contribution >= 0.6 is 15.9 Å². The van der Waals surface area contributed by atoms with Gasteiger partial charge in [-0.05, 0) is 54.4 Å². The average molecular weight is 303 g/mol. The Hall–Kier alpha value is -1.10. The normalized spacial score (nSPS) is 11.1. The van der Waals surface area contributed by atoms with E-state index in [0.29, 0.717) is 10.2 Å². The first kappa shape index (κ1) is 14.0. The van der Waals surface area contributed by atoms with Gasteiger partial charge in [-0.1, -0.05) is 6.92 Å². The minimum absolute atomic E-state index is 0.267. The van der Waals surface area contributed by atoms with Crippen molar-refractivity contribution in [1.29, 1.82) is 0 Å². The van der Waals surface area contributed by atoms with E-state index >= 15 is 0 Å². The molecule has 0 aliphatic rings. The summed E-state index contributed by atoms with van der Waals surface area (Å²) in [5.74, 6) is -0.350. The SMILES string of the molecule is CCC(C)(C)NC(=O)Nc1ccc(F)cc1Br. The standard InChI is InChI=1S/C12H16BrFN2O/c1-4-12(2,3)16-11(17)15-10-6-5-8(14)7-9(10)13/h5-7H,4H2,1-3H3,(H2,15,16,17). The number of halogens is 2. The molecule has 0 radical (unpaired) electrons. The van der Waals surface area contributed by atoms with Crippen molar-refractivity contribution in [2.45, 2.75) is 32.7 Å². The first-order valence-corrected chi connectivity index (χ1v) is 6.17. The molecule has 94 valence electrons. The third-order valence-electron chi connectivity index (χ3n) is 2.52. The van der Waals surface area contributed by atoms with E-state index in [0.717, 1.165) is 6.42 Å². The number of anilines is 1. The van der Waals surface area contributed by atoms with Crippen LogP contribution in [0, 0.1) is 5.82 Å². The number of hydrogen-bond donors (Lipinski definition) is 2. The molecule has 3 nitrogen and oxygen atoms in total. The first-order chi connectivity index (χ1) is 7.84. The van der Waals surface area contributed by atoms with Gasteiger partial charge in [0.2, 0.25) is 0 Å². The van der Waals surface area contributed by atoms with E-state index in [9.17, 15) is 9.18 Å². The number of nitrogens with one attached hydrogen (secondary N) is 2. The molecule has 0 spiro atoms. The van der Waals surface area contributed by atoms with Crippen molar-refractivity contribution >= 4 is 27.6 Å². The summed E-state index contributed by atoms with van der Waals surface area (Å²) in [5.41, 5.74) is 0.271. The predicted octanol–water partition coefficient (Wildman–Crippen LogP) is 3.90. The molecule has 17 heavy (non-hydrogen) atoms. The van der Waals surface area contributed by atoms with E-state index in [1.165, 1.54) is 18.2 Å². The molecule has 0 unspecified atom stereocenters. The zero-order valence-electron chi connectivity index (χ0n) is 10.1. The molecule has 0 bridgehead atoms. The second kappa shape index (κ2) is 5.49. The van der Waals surface area contributed by atoms with Gasteiger partial charge in [0.25, 0.3) is 0 Å². The quantitative estimate of drug-likeness (QED) is 0.873. The Morgan fingerprint density at radius 1 is 1.47 bits per heavy atom. The van der Waals surface area contributed by atoms with Gasteiger partial charge < -0.3 is 10.6 Å². The fourth-order valence-electron chi connectivity index (χ4n) is 1.14. The highest BCUT2D eigenvalue weighted by molar-refractivity contribution is 9.10. The highest BCUT2D eigenvalue weighted by atomic mass is 79.9. The van der Waals surface area contributed by atoms with Crippen molar-refractivity contribution in [1.82, 2.24) is 5.32 Å². The zero-order valence-corrected chi connectivity index (χ0v) is 11.7. The third kappa shape index (κ3) is 4.34. The van der Waals surface area contributed by atoms with Crippen LogP contribution in [0.25, 0.3) is 0 Å². The molecule has 1 aromatic rings. The van der Waals surface area contributed by atoms with Gasteiger partial charge in [0.05, 0.1) is 5.69 Å². The number of benzene rings is 1. The van der Waals surface area contributed by atoms with E-state index in [2.05, 4.69) is 26.6 Å². The summed E-state index contributed by atoms with van der Waals surface area (Å²) in [4.78, 5) is 11.7. The second-order valence-corrected chi connectivity index (χ2v) is 5.30. The lowest BCUT2D eigenvalue weighted by molar-refractivity contribution is 0.240. The molecule has 0 saturated carbocycles. The Labute approximate surface area is 109 Å². The van der Waals surface area contributed by atoms with E-state index in [4.69, 9.17) is 0 Å². The van der Waals surface area contributed by atoms with E-state index in [1.54, 1.807) is 0 Å². The van der Waals surface area contributed by atoms with Crippen molar-refractivity contribution in [2.24, 2.45) is 0 Å². The van der Waals surface area contributed by atoms with Gasteiger partial charge in [-0.15, -0.1) is 0 Å². The van der Waals surface area contributed by atoms with Gasteiger partial charge in [-0.2, -0.15) is 0 Å². The van der Waals surface area contributed by atoms with Crippen molar-refractivity contribution in [3.63, 3.8) is 0 Å². The number of carbonyl (C=O) groups is 1. The smallest absolute Gasteiger partial charge is 0.319 e. The van der Waals surface area contributed by atoms with Gasteiger partial charge in [0.1, 0.15) is 5.82 Å². The molecular weight excluding hydrogens is 287 g/mol. The largest absolute Gasteiger partial charge is 0.333 e. The molecule has 0 saturated heterocycles. The summed E-state index contributed by atoms with van der Waals surface area (Å²) in [6, 6.07) is 3.81. The Kier molecular flexibility index (Phi) is 4.51. The number of amides is 2. The van der Waals surface area contributed by atoms with Gasteiger partial charge in [-0.3, -0.25) is 0 Å². The van der Waals surface area contributed by atoms with Crippen LogP contribution in [0.2, 0.25) is 0 Å². The molecule has 0 aliphatic carbocycles. The van der Waals surface area contributed by atoms with Crippen molar-refractivity contribution in [2.75, 3.05) is 5.32 Å². The zero-order chi connectivity index (χ0) is 13.1. The summed E-state index contributed by atoms with van der Waals surface area (Å²) in [6.07, 6.45) is 0.824. The highest BCUT2D eigenvalue weighted by Crippen LogP contribution is 2.23. The molecule has 1 rings (SSSR count). The molecule has 0 fully saturated rings. The molecule has 2 N–H and O–H groups in total. The Morgan fingerprint density at radius 3 is 2.65 bits per heavy atom. The number of hydrogen-bond acceptors (Lipinski definition) is 1. The maximum Gasteiger partial charge on any atom is 0.319 e. The number of rotatable bonds is 3. The van der Waals surface area contributed by atoms with Gasteiger partial charge in [0, 0.05) is 10.0 Å². The van der Waals surface area contributed by atoms with Crippen LogP contribution in [0.1, 0.15) is 27.2 Å². The lowest BCUT2D eigenvalue weighted by Gasteiger charge is -2.24. The maximum absolute atomic E-state index is 12.9. The highest BCUT2D eigenvalue weighted by Gasteiger charge is 2.18. The topological polar surface area (TPSA) is 41.1 Å². The molecule has 0 heterocycles. The van der Waals surface area contributed by atoms with Gasteiger partial charge >= 0.3 is 6.03 Å². The molecule has 1 aromatic carbocycles. The summed E-state index contributed by atoms with van der Waals surface area (Å²) < 4.78 is 13.4. The fourth-order valence-corrected chi connectivity index (χ4v) is 1.59. The summed E-state index contributed by atoms with van der Waals surface area (Å²) in [5, 5.41) is 5.50. The minimum atomic E-state index is -0.350. The lowest BCUT2D eigenvalue weighted by atomic mass is 10.0. The predicted molar refractivity (Wildman–Crippen MR) is 70.6 cm³/mol. The Morgan fingerprint density at radius 2 is 2.12 bits per heavy atom. The monoisotopic (exact) mass is 302 g/mol. The van der Waals surface area contributed by atoms with Crippen LogP contribution in [-0.4, -0.2) is 11.6 Å². The Bertz CT molecular complexity index is 421. The second-order valence-electron chi connectivity index (χ2n) is 4.44. The van der Waals surface area contributed by atoms with Gasteiger partial charge in [0.15, 0.2) is 0 Å². The van der Waals surface area contributed by atoms with Crippen LogP contribution in [0.3, 0.4) is 0 Å². The van der Waals surface area contributed by atoms with Crippen LogP contribution < -0.4 is 10.6 Å². The number of carbonyl (C=O) groups excluding carboxylic acids is 1. The van der Waals surface area contributed by atoms with Crippen LogP contribution in [0.5, 0.6) is 0 Å². The minimum Gasteiger partial charge on any atom is -0.333 e. The molecule has 0 aromatic heterocycles. The van der Waals surface area contributed by atoms with Crippen molar-refractivity contribution in [3.8, 4) is 0 Å². The van der Waals surface area contributed by atoms with Crippen molar-refractivity contribution in [3.05, 3.63) is 28.5 Å². The molecule has 0 aliphatic heterocycles. The average Bonchev–Trinajstić information content (AvgIpc) is 2.21. The van der Waals surface area contributed by atoms with Crippen LogP contribution in [0.4, 0.5) is 14.9 Å². The molecule has 0 atom stereocenters. The maximum atomic E-state index is 12.9. The fraction of sp³-hybridized carbons (Fsp3) is 0.417.